The number of nitrogens with zero attached hydrogens (tertiary/aromatic N) is 4. The Balaban J connectivity index is 1.91. The lowest BCUT2D eigenvalue weighted by molar-refractivity contribution is 0.201. The Bertz CT molecular complexity index is 438. The molecule has 1 aliphatic rings. The van der Waals surface area contributed by atoms with Crippen molar-refractivity contribution < 1.29 is 9.47 Å². The van der Waals surface area contributed by atoms with Crippen LogP contribution in [0, 0.1) is 0 Å². The van der Waals surface area contributed by atoms with Gasteiger partial charge in [0.2, 0.25) is 5.95 Å². The van der Waals surface area contributed by atoms with E-state index in [1.54, 1.807) is 0 Å². The first-order chi connectivity index (χ1) is 9.58. The first-order valence-corrected chi connectivity index (χ1v) is 6.81. The third-order valence-corrected chi connectivity index (χ3v) is 2.91. The van der Waals surface area contributed by atoms with E-state index in [4.69, 9.17) is 15.3 Å². The van der Waals surface area contributed by atoms with Crippen LogP contribution < -0.4 is 20.7 Å². The van der Waals surface area contributed by atoms with Crippen LogP contribution in [-0.2, 0) is 0 Å². The molecule has 0 saturated heterocycles. The number of likely N-dealkylation sites (N-methyl/N-ethyl adjacent to an activating group) is 1. The second-order valence-electron chi connectivity index (χ2n) is 5.10. The van der Waals surface area contributed by atoms with Crippen LogP contribution in [0.25, 0.3) is 0 Å². The zero-order valence-electron chi connectivity index (χ0n) is 12.2. The topological polar surface area (TPSA) is 98.4 Å². The smallest absolute Gasteiger partial charge is 0.324 e. The van der Waals surface area contributed by atoms with E-state index in [1.807, 2.05) is 13.8 Å². The first-order valence-electron chi connectivity index (χ1n) is 6.81. The molecule has 0 aliphatic heterocycles. The molecule has 0 aromatic carbocycles. The molecular weight excluding hydrogens is 260 g/mol. The number of aromatic nitrogens is 3. The van der Waals surface area contributed by atoms with E-state index in [2.05, 4.69) is 32.3 Å². The molecule has 1 aromatic rings. The van der Waals surface area contributed by atoms with Crippen molar-refractivity contribution in [1.82, 2.24) is 19.9 Å². The van der Waals surface area contributed by atoms with Gasteiger partial charge in [0.1, 0.15) is 6.61 Å². The minimum atomic E-state index is -0.0307. The molecule has 0 unspecified atom stereocenters. The monoisotopic (exact) mass is 282 g/mol. The van der Waals surface area contributed by atoms with Gasteiger partial charge in [0, 0.05) is 12.6 Å². The van der Waals surface area contributed by atoms with Gasteiger partial charge in [-0.25, -0.2) is 5.84 Å². The van der Waals surface area contributed by atoms with Crippen LogP contribution >= 0.6 is 0 Å². The van der Waals surface area contributed by atoms with Crippen molar-refractivity contribution in [2.24, 2.45) is 5.84 Å². The lowest BCUT2D eigenvalue weighted by Crippen LogP contribution is -2.26. The lowest BCUT2D eigenvalue weighted by Gasteiger charge is -2.15. The second-order valence-corrected chi connectivity index (χ2v) is 5.10. The second kappa shape index (κ2) is 6.67. The van der Waals surface area contributed by atoms with Crippen LogP contribution in [0.2, 0.25) is 0 Å². The predicted octanol–water partition coefficient (Wildman–Crippen LogP) is 0.417. The summed E-state index contributed by atoms with van der Waals surface area (Å²) in [6.07, 6.45) is 2.52. The molecule has 1 fully saturated rings. The predicted molar refractivity (Wildman–Crippen MR) is 74.5 cm³/mol. The van der Waals surface area contributed by atoms with E-state index in [0.717, 1.165) is 6.54 Å². The fourth-order valence-corrected chi connectivity index (χ4v) is 1.71. The molecule has 0 bridgehead atoms. The number of hydrogen-bond donors (Lipinski definition) is 2. The minimum absolute atomic E-state index is 0.0307. The normalized spacial score (nSPS) is 14.7. The summed E-state index contributed by atoms with van der Waals surface area (Å²) in [6.45, 7) is 5.14. The Hall–Kier alpha value is -1.67. The molecule has 0 radical (unpaired) electrons. The molecule has 112 valence electrons. The van der Waals surface area contributed by atoms with E-state index in [1.165, 1.54) is 12.8 Å². The standard InChI is InChI=1S/C12H22N6O2/c1-8(2)20-12-15-10(17-13)14-11(16-12)19-7-6-18(3)9-4-5-9/h8-9H,4-7,13H2,1-3H3,(H,14,15,16,17). The quantitative estimate of drug-likeness (QED) is 0.523. The number of anilines is 1. The fourth-order valence-electron chi connectivity index (χ4n) is 1.71. The molecule has 8 nitrogen and oxygen atoms in total. The summed E-state index contributed by atoms with van der Waals surface area (Å²) in [5.74, 6) is 5.54. The number of ether oxygens (including phenoxy) is 2. The summed E-state index contributed by atoms with van der Waals surface area (Å²) in [5, 5.41) is 0. The van der Waals surface area contributed by atoms with Crippen molar-refractivity contribution in [3.63, 3.8) is 0 Å². The van der Waals surface area contributed by atoms with Gasteiger partial charge in [-0.2, -0.15) is 9.97 Å². The summed E-state index contributed by atoms with van der Waals surface area (Å²) in [6, 6.07) is 1.12. The van der Waals surface area contributed by atoms with Crippen LogP contribution in [0.4, 0.5) is 5.95 Å². The molecule has 1 heterocycles. The molecular formula is C12H22N6O2. The van der Waals surface area contributed by atoms with Crippen LogP contribution in [0.3, 0.4) is 0 Å². The molecule has 20 heavy (non-hydrogen) atoms. The van der Waals surface area contributed by atoms with Crippen LogP contribution in [-0.4, -0.2) is 52.2 Å². The number of hydrazine groups is 1. The zero-order valence-corrected chi connectivity index (χ0v) is 12.2. The van der Waals surface area contributed by atoms with Crippen molar-refractivity contribution in [2.75, 3.05) is 25.6 Å². The maximum absolute atomic E-state index is 5.54. The Labute approximate surface area is 118 Å². The SMILES string of the molecule is CC(C)Oc1nc(NN)nc(OCCN(C)C2CC2)n1. The molecule has 2 rings (SSSR count). The molecule has 8 heteroatoms. The van der Waals surface area contributed by atoms with E-state index < -0.39 is 0 Å². The summed E-state index contributed by atoms with van der Waals surface area (Å²) in [4.78, 5) is 14.4. The van der Waals surface area contributed by atoms with Crippen LogP contribution in [0.1, 0.15) is 26.7 Å². The van der Waals surface area contributed by atoms with E-state index in [-0.39, 0.29) is 24.1 Å². The van der Waals surface area contributed by atoms with E-state index >= 15 is 0 Å². The lowest BCUT2D eigenvalue weighted by atomic mass is 10.5. The number of nitrogen functional groups attached to an aromatic ring is 1. The number of rotatable bonds is 8. The van der Waals surface area contributed by atoms with Gasteiger partial charge in [0.05, 0.1) is 6.10 Å². The first kappa shape index (κ1) is 14.7. The molecule has 0 atom stereocenters. The highest BCUT2D eigenvalue weighted by Crippen LogP contribution is 2.24. The van der Waals surface area contributed by atoms with Gasteiger partial charge >= 0.3 is 12.0 Å². The van der Waals surface area contributed by atoms with E-state index in [9.17, 15) is 0 Å². The third kappa shape index (κ3) is 4.46. The van der Waals surface area contributed by atoms with Crippen molar-refractivity contribution in [3.05, 3.63) is 0 Å². The summed E-state index contributed by atoms with van der Waals surface area (Å²) >= 11 is 0. The van der Waals surface area contributed by atoms with Crippen molar-refractivity contribution >= 4 is 5.95 Å². The highest BCUT2D eigenvalue weighted by atomic mass is 16.5. The molecule has 0 amide bonds. The number of nitrogens with one attached hydrogen (secondary N) is 1. The Morgan fingerprint density at radius 1 is 1.30 bits per heavy atom. The zero-order chi connectivity index (χ0) is 14.5. The van der Waals surface area contributed by atoms with Gasteiger partial charge in [-0.15, -0.1) is 4.98 Å². The largest absolute Gasteiger partial charge is 0.462 e. The van der Waals surface area contributed by atoms with Gasteiger partial charge in [0.25, 0.3) is 0 Å². The number of hydrogen-bond acceptors (Lipinski definition) is 8. The van der Waals surface area contributed by atoms with Crippen molar-refractivity contribution in [1.29, 1.82) is 0 Å². The van der Waals surface area contributed by atoms with Crippen molar-refractivity contribution in [2.45, 2.75) is 38.8 Å². The highest BCUT2D eigenvalue weighted by Gasteiger charge is 2.25. The maximum atomic E-state index is 5.54. The maximum Gasteiger partial charge on any atom is 0.324 e. The Morgan fingerprint density at radius 2 is 2.00 bits per heavy atom. The van der Waals surface area contributed by atoms with E-state index in [0.29, 0.717) is 12.6 Å². The fraction of sp³-hybridized carbons (Fsp3) is 0.750. The summed E-state index contributed by atoms with van der Waals surface area (Å²) in [5.41, 5.74) is 2.38. The van der Waals surface area contributed by atoms with Crippen LogP contribution in [0.15, 0.2) is 0 Å². The Morgan fingerprint density at radius 3 is 2.60 bits per heavy atom. The van der Waals surface area contributed by atoms with Crippen molar-refractivity contribution in [3.8, 4) is 12.0 Å². The average molecular weight is 282 g/mol. The van der Waals surface area contributed by atoms with Gasteiger partial charge < -0.3 is 14.4 Å². The molecule has 3 N–H and O–H groups in total. The van der Waals surface area contributed by atoms with Gasteiger partial charge in [-0.05, 0) is 33.7 Å². The van der Waals surface area contributed by atoms with Gasteiger partial charge in [-0.3, -0.25) is 5.43 Å². The highest BCUT2D eigenvalue weighted by molar-refractivity contribution is 5.25. The average Bonchev–Trinajstić information content (AvgIpc) is 3.21. The summed E-state index contributed by atoms with van der Waals surface area (Å²) in [7, 11) is 2.09. The number of nitrogens with two attached hydrogens (primary N) is 1. The summed E-state index contributed by atoms with van der Waals surface area (Å²) < 4.78 is 11.0. The molecule has 0 spiro atoms. The molecule has 1 saturated carbocycles. The minimum Gasteiger partial charge on any atom is -0.462 e. The Kier molecular flexibility index (Phi) is 4.91. The van der Waals surface area contributed by atoms with Crippen LogP contribution in [0.5, 0.6) is 12.0 Å². The molecule has 1 aliphatic carbocycles. The molecule has 1 aromatic heterocycles. The third-order valence-electron chi connectivity index (χ3n) is 2.91. The van der Waals surface area contributed by atoms with Gasteiger partial charge in [-0.1, -0.05) is 0 Å². The van der Waals surface area contributed by atoms with Gasteiger partial charge in [0.15, 0.2) is 0 Å².